The molecule has 0 aliphatic rings. The van der Waals surface area contributed by atoms with Crippen LogP contribution in [0.4, 0.5) is 0 Å². The molecule has 0 fully saturated rings. The fourth-order valence-electron chi connectivity index (χ4n) is 1.38. The lowest BCUT2D eigenvalue weighted by Gasteiger charge is -2.12. The van der Waals surface area contributed by atoms with Crippen molar-refractivity contribution in [3.8, 4) is 0 Å². The van der Waals surface area contributed by atoms with Crippen LogP contribution in [0.2, 0.25) is 0 Å². The molecule has 1 atom stereocenters. The van der Waals surface area contributed by atoms with Crippen LogP contribution in [-0.4, -0.2) is 6.54 Å². The average Bonchev–Trinajstić information content (AvgIpc) is 2.10. The van der Waals surface area contributed by atoms with Gasteiger partial charge >= 0.3 is 0 Å². The van der Waals surface area contributed by atoms with Gasteiger partial charge in [-0.15, -0.1) is 0 Å². The van der Waals surface area contributed by atoms with Crippen LogP contribution in [0.5, 0.6) is 0 Å². The summed E-state index contributed by atoms with van der Waals surface area (Å²) in [5.74, 6) is 0.533. The van der Waals surface area contributed by atoms with E-state index in [1.165, 1.54) is 11.1 Å². The van der Waals surface area contributed by atoms with Crippen LogP contribution in [-0.2, 0) is 0 Å². The molecule has 0 aliphatic heterocycles. The molecule has 0 saturated heterocycles. The molecule has 2 N–H and O–H groups in total. The van der Waals surface area contributed by atoms with Crippen molar-refractivity contribution in [2.45, 2.75) is 26.2 Å². The van der Waals surface area contributed by atoms with Gasteiger partial charge in [-0.2, -0.15) is 0 Å². The quantitative estimate of drug-likeness (QED) is 0.727. The molecule has 12 heavy (non-hydrogen) atoms. The molecule has 0 unspecified atom stereocenters. The van der Waals surface area contributed by atoms with Gasteiger partial charge in [-0.1, -0.05) is 36.8 Å². The lowest BCUT2D eigenvalue weighted by molar-refractivity contribution is 0.674. The van der Waals surface area contributed by atoms with Crippen molar-refractivity contribution in [2.24, 2.45) is 5.73 Å². The van der Waals surface area contributed by atoms with Gasteiger partial charge in [-0.05, 0) is 31.4 Å². The number of hydrogen-bond donors (Lipinski definition) is 1. The van der Waals surface area contributed by atoms with E-state index in [9.17, 15) is 0 Å². The summed E-state index contributed by atoms with van der Waals surface area (Å²) in [7, 11) is 0. The van der Waals surface area contributed by atoms with Gasteiger partial charge in [0.15, 0.2) is 0 Å². The Morgan fingerprint density at radius 3 is 2.25 bits per heavy atom. The topological polar surface area (TPSA) is 26.0 Å². The average molecular weight is 163 g/mol. The highest BCUT2D eigenvalue weighted by Gasteiger charge is 2.05. The number of rotatable bonds is 3. The van der Waals surface area contributed by atoms with E-state index in [0.717, 1.165) is 13.0 Å². The monoisotopic (exact) mass is 163 g/mol. The first-order valence-electron chi connectivity index (χ1n) is 4.54. The molecule has 0 spiro atoms. The molecule has 0 saturated carbocycles. The molecule has 1 rings (SSSR count). The normalized spacial score (nSPS) is 12.9. The van der Waals surface area contributed by atoms with Crippen LogP contribution in [0.25, 0.3) is 0 Å². The highest BCUT2D eigenvalue weighted by molar-refractivity contribution is 5.24. The molecular formula is C11H17N. The molecule has 1 heteroatoms. The Labute approximate surface area is 74.6 Å². The Hall–Kier alpha value is -0.820. The zero-order valence-corrected chi connectivity index (χ0v) is 7.88. The first-order chi connectivity index (χ1) is 5.77. The molecular weight excluding hydrogens is 146 g/mol. The van der Waals surface area contributed by atoms with Crippen molar-refractivity contribution in [3.63, 3.8) is 0 Å². The summed E-state index contributed by atoms with van der Waals surface area (Å²) in [4.78, 5) is 0. The summed E-state index contributed by atoms with van der Waals surface area (Å²) in [5, 5.41) is 0. The van der Waals surface area contributed by atoms with Crippen molar-refractivity contribution in [2.75, 3.05) is 6.54 Å². The summed E-state index contributed by atoms with van der Waals surface area (Å²) in [6.07, 6.45) is 1.12. The minimum atomic E-state index is 0.533. The second-order valence-corrected chi connectivity index (χ2v) is 3.25. The molecule has 0 radical (unpaired) electrons. The van der Waals surface area contributed by atoms with Crippen molar-refractivity contribution < 1.29 is 0 Å². The van der Waals surface area contributed by atoms with E-state index < -0.39 is 0 Å². The molecule has 0 heterocycles. The maximum Gasteiger partial charge on any atom is -0.000834 e. The van der Waals surface area contributed by atoms with Gasteiger partial charge in [0.25, 0.3) is 0 Å². The van der Waals surface area contributed by atoms with Gasteiger partial charge < -0.3 is 5.73 Å². The third-order valence-electron chi connectivity index (χ3n) is 2.33. The molecule has 0 bridgehead atoms. The van der Waals surface area contributed by atoms with Gasteiger partial charge in [-0.25, -0.2) is 0 Å². The first kappa shape index (κ1) is 9.27. The number of nitrogens with two attached hydrogens (primary N) is 1. The third kappa shape index (κ3) is 2.08. The van der Waals surface area contributed by atoms with E-state index in [2.05, 4.69) is 38.1 Å². The Morgan fingerprint density at radius 1 is 1.25 bits per heavy atom. The van der Waals surface area contributed by atoms with E-state index >= 15 is 0 Å². The highest BCUT2D eigenvalue weighted by Crippen LogP contribution is 2.17. The second kappa shape index (κ2) is 4.27. The predicted octanol–water partition coefficient (Wildman–Crippen LogP) is 2.45. The van der Waals surface area contributed by atoms with Crippen molar-refractivity contribution in [3.05, 3.63) is 35.4 Å². The zero-order valence-electron chi connectivity index (χ0n) is 7.88. The van der Waals surface area contributed by atoms with Crippen LogP contribution in [0.3, 0.4) is 0 Å². The maximum atomic E-state index is 5.65. The van der Waals surface area contributed by atoms with Crippen LogP contribution in [0.15, 0.2) is 24.3 Å². The largest absolute Gasteiger partial charge is 0.330 e. The summed E-state index contributed by atoms with van der Waals surface area (Å²) in [6.45, 7) is 5.03. The van der Waals surface area contributed by atoms with E-state index in [0.29, 0.717) is 5.92 Å². The minimum absolute atomic E-state index is 0.533. The number of aryl methyl sites for hydroxylation is 1. The molecule has 0 aliphatic carbocycles. The van der Waals surface area contributed by atoms with Gasteiger partial charge in [-0.3, -0.25) is 0 Å². The Bertz CT molecular complexity index is 221. The van der Waals surface area contributed by atoms with Gasteiger partial charge in [0.2, 0.25) is 0 Å². The fraction of sp³-hybridized carbons (Fsp3) is 0.455. The zero-order chi connectivity index (χ0) is 8.97. The lowest BCUT2D eigenvalue weighted by Crippen LogP contribution is -2.11. The van der Waals surface area contributed by atoms with Crippen molar-refractivity contribution in [1.29, 1.82) is 0 Å². The van der Waals surface area contributed by atoms with Gasteiger partial charge in [0.05, 0.1) is 0 Å². The SMILES string of the molecule is CC[C@@H](CN)c1ccc(C)cc1. The van der Waals surface area contributed by atoms with Crippen LogP contribution >= 0.6 is 0 Å². The molecule has 0 aromatic heterocycles. The highest BCUT2D eigenvalue weighted by atomic mass is 14.5. The van der Waals surface area contributed by atoms with Crippen molar-refractivity contribution in [1.82, 2.24) is 0 Å². The number of benzene rings is 1. The molecule has 1 aromatic rings. The Morgan fingerprint density at radius 2 is 1.83 bits per heavy atom. The number of hydrogen-bond acceptors (Lipinski definition) is 1. The standard InChI is InChI=1S/C11H17N/c1-3-10(8-12)11-6-4-9(2)5-7-11/h4-7,10H,3,8,12H2,1-2H3/t10-/m0/s1. The fourth-order valence-corrected chi connectivity index (χ4v) is 1.38. The van der Waals surface area contributed by atoms with E-state index in [4.69, 9.17) is 5.73 Å². The van der Waals surface area contributed by atoms with Crippen LogP contribution in [0.1, 0.15) is 30.4 Å². The summed E-state index contributed by atoms with van der Waals surface area (Å²) in [6, 6.07) is 8.65. The molecule has 66 valence electrons. The Balaban J connectivity index is 2.80. The van der Waals surface area contributed by atoms with E-state index in [1.807, 2.05) is 0 Å². The van der Waals surface area contributed by atoms with Crippen molar-refractivity contribution >= 4 is 0 Å². The van der Waals surface area contributed by atoms with E-state index in [1.54, 1.807) is 0 Å². The second-order valence-electron chi connectivity index (χ2n) is 3.25. The van der Waals surface area contributed by atoms with Crippen LogP contribution < -0.4 is 5.73 Å². The lowest BCUT2D eigenvalue weighted by atomic mass is 9.96. The molecule has 1 nitrogen and oxygen atoms in total. The third-order valence-corrected chi connectivity index (χ3v) is 2.33. The van der Waals surface area contributed by atoms with Gasteiger partial charge in [0, 0.05) is 0 Å². The summed E-state index contributed by atoms with van der Waals surface area (Å²) >= 11 is 0. The minimum Gasteiger partial charge on any atom is -0.330 e. The summed E-state index contributed by atoms with van der Waals surface area (Å²) in [5.41, 5.74) is 8.33. The maximum absolute atomic E-state index is 5.65. The van der Waals surface area contributed by atoms with Crippen LogP contribution in [0, 0.1) is 6.92 Å². The smallest absolute Gasteiger partial charge is 0.000834 e. The van der Waals surface area contributed by atoms with Gasteiger partial charge in [0.1, 0.15) is 0 Å². The molecule has 0 amide bonds. The molecule has 1 aromatic carbocycles. The van der Waals surface area contributed by atoms with E-state index in [-0.39, 0.29) is 0 Å². The Kier molecular flexibility index (Phi) is 3.30. The first-order valence-corrected chi connectivity index (χ1v) is 4.54. The predicted molar refractivity (Wildman–Crippen MR) is 53.3 cm³/mol. The summed E-state index contributed by atoms with van der Waals surface area (Å²) < 4.78 is 0.